The summed E-state index contributed by atoms with van der Waals surface area (Å²) in [5.41, 5.74) is 5.09. The lowest BCUT2D eigenvalue weighted by Gasteiger charge is -2.10. The van der Waals surface area contributed by atoms with Crippen LogP contribution in [0.3, 0.4) is 0 Å². The van der Waals surface area contributed by atoms with Gasteiger partial charge in [-0.3, -0.25) is 0 Å². The number of nitrogens with zero attached hydrogens (tertiary/aromatic N) is 3. The van der Waals surface area contributed by atoms with Crippen molar-refractivity contribution in [3.8, 4) is 0 Å². The Morgan fingerprint density at radius 2 is 1.71 bits per heavy atom. The molecule has 114 valence electrons. The molecule has 0 aliphatic heterocycles. The Morgan fingerprint density at radius 3 is 2.14 bits per heavy atom. The number of likely N-dealkylation sites (N-methyl/N-ethyl adjacent to an activating group) is 1. The third-order valence-corrected chi connectivity index (χ3v) is 2.42. The molecule has 0 aliphatic carbocycles. The predicted octanol–water partition coefficient (Wildman–Crippen LogP) is 1.49. The van der Waals surface area contributed by atoms with Crippen LogP contribution in [0.4, 0.5) is 23.2 Å². The number of halogens is 4. The van der Waals surface area contributed by atoms with Gasteiger partial charge in [0.25, 0.3) is 0 Å². The molecule has 21 heavy (non-hydrogen) atoms. The van der Waals surface area contributed by atoms with Crippen molar-refractivity contribution >= 4 is 11.7 Å². The summed E-state index contributed by atoms with van der Waals surface area (Å²) in [5, 5.41) is 2.51. The predicted molar refractivity (Wildman–Crippen MR) is 63.0 cm³/mol. The zero-order valence-electron chi connectivity index (χ0n) is 11.1. The average Bonchev–Trinajstić information content (AvgIpc) is 2.41. The summed E-state index contributed by atoms with van der Waals surface area (Å²) < 4.78 is 58.6. The highest BCUT2D eigenvalue weighted by Crippen LogP contribution is 2.30. The Kier molecular flexibility index (Phi) is 5.51. The summed E-state index contributed by atoms with van der Waals surface area (Å²) in [6.07, 6.45) is 0. The second kappa shape index (κ2) is 6.91. The normalized spacial score (nSPS) is 10.4. The van der Waals surface area contributed by atoms with Crippen molar-refractivity contribution in [2.75, 3.05) is 27.2 Å². The minimum Gasteiger partial charge on any atom is -0.456 e. The van der Waals surface area contributed by atoms with Gasteiger partial charge in [0, 0.05) is 4.91 Å². The molecule has 0 saturated carbocycles. The van der Waals surface area contributed by atoms with Crippen LogP contribution in [0.15, 0.2) is 5.11 Å². The SMILES string of the molecule is C[NH+](C)CCOC(=O)c1c(F)c(F)c(N=[N+]=[N-])c(F)c1F. The molecule has 0 radical (unpaired) electrons. The molecule has 0 saturated heterocycles. The second-order valence-electron chi connectivity index (χ2n) is 4.26. The van der Waals surface area contributed by atoms with E-state index in [2.05, 4.69) is 9.85 Å². The maximum atomic E-state index is 13.6. The van der Waals surface area contributed by atoms with E-state index in [4.69, 9.17) is 5.53 Å². The maximum Gasteiger partial charge on any atom is 0.344 e. The fraction of sp³-hybridized carbons (Fsp3) is 0.364. The van der Waals surface area contributed by atoms with Gasteiger partial charge in [0.1, 0.15) is 24.4 Å². The Hall–Kier alpha value is -2.32. The maximum absolute atomic E-state index is 13.6. The van der Waals surface area contributed by atoms with E-state index in [9.17, 15) is 22.4 Å². The van der Waals surface area contributed by atoms with E-state index >= 15 is 0 Å². The zero-order valence-corrected chi connectivity index (χ0v) is 11.1. The highest BCUT2D eigenvalue weighted by Gasteiger charge is 2.29. The average molecular weight is 307 g/mol. The number of rotatable bonds is 5. The van der Waals surface area contributed by atoms with Crippen LogP contribution >= 0.6 is 0 Å². The van der Waals surface area contributed by atoms with E-state index < -0.39 is 40.5 Å². The number of azide groups is 1. The van der Waals surface area contributed by atoms with Crippen molar-refractivity contribution in [3.63, 3.8) is 0 Å². The number of benzene rings is 1. The summed E-state index contributed by atoms with van der Waals surface area (Å²) in [4.78, 5) is 14.4. The number of carbonyl (C=O) groups is 1. The van der Waals surface area contributed by atoms with Crippen molar-refractivity contribution in [3.05, 3.63) is 39.3 Å². The molecular weight excluding hydrogens is 296 g/mol. The molecule has 0 atom stereocenters. The van der Waals surface area contributed by atoms with Crippen LogP contribution in [0.1, 0.15) is 10.4 Å². The second-order valence-corrected chi connectivity index (χ2v) is 4.26. The van der Waals surface area contributed by atoms with Gasteiger partial charge < -0.3 is 9.64 Å². The highest BCUT2D eigenvalue weighted by molar-refractivity contribution is 5.90. The number of quaternary nitrogens is 1. The van der Waals surface area contributed by atoms with Crippen LogP contribution in [0.5, 0.6) is 0 Å². The van der Waals surface area contributed by atoms with Gasteiger partial charge in [0.2, 0.25) is 0 Å². The first kappa shape index (κ1) is 16.7. The minimum absolute atomic E-state index is 0.193. The Bertz CT molecular complexity index is 586. The van der Waals surface area contributed by atoms with Crippen LogP contribution in [-0.2, 0) is 4.74 Å². The Labute approximate surface area is 116 Å². The third-order valence-electron chi connectivity index (χ3n) is 2.42. The summed E-state index contributed by atoms with van der Waals surface area (Å²) in [6.45, 7) is 0.137. The van der Waals surface area contributed by atoms with Crippen molar-refractivity contribution in [1.29, 1.82) is 0 Å². The van der Waals surface area contributed by atoms with Crippen molar-refractivity contribution < 1.29 is 32.0 Å². The van der Waals surface area contributed by atoms with Gasteiger partial charge in [-0.15, -0.1) is 0 Å². The largest absolute Gasteiger partial charge is 0.456 e. The topological polar surface area (TPSA) is 79.5 Å². The number of ether oxygens (including phenoxy) is 1. The summed E-state index contributed by atoms with van der Waals surface area (Å²) in [7, 11) is 3.48. The molecule has 1 N–H and O–H groups in total. The monoisotopic (exact) mass is 307 g/mol. The summed E-state index contributed by atoms with van der Waals surface area (Å²) >= 11 is 0. The molecule has 6 nitrogen and oxygen atoms in total. The standard InChI is InChI=1S/C11H10F4N4O2/c1-19(2)3-4-21-11(20)5-6(12)8(14)10(17-18-16)9(15)7(5)13/h3-4H2,1-2H3/p+1. The van der Waals surface area contributed by atoms with E-state index in [0.29, 0.717) is 6.54 Å². The number of carbonyl (C=O) groups excluding carboxylic acids is 1. The van der Waals surface area contributed by atoms with E-state index in [1.54, 1.807) is 14.1 Å². The van der Waals surface area contributed by atoms with Crippen LogP contribution in [-0.4, -0.2) is 33.2 Å². The van der Waals surface area contributed by atoms with E-state index in [1.807, 2.05) is 4.91 Å². The van der Waals surface area contributed by atoms with Gasteiger partial charge in [0.15, 0.2) is 23.3 Å². The first-order chi connectivity index (χ1) is 9.81. The molecule has 0 aliphatic rings. The molecule has 1 aromatic rings. The zero-order chi connectivity index (χ0) is 16.2. The molecule has 1 aromatic carbocycles. The van der Waals surface area contributed by atoms with E-state index in [0.717, 1.165) is 4.90 Å². The molecule has 0 spiro atoms. The Morgan fingerprint density at radius 1 is 1.19 bits per heavy atom. The lowest BCUT2D eigenvalue weighted by Crippen LogP contribution is -3.06. The van der Waals surface area contributed by atoms with Gasteiger partial charge >= 0.3 is 5.97 Å². The molecule has 10 heteroatoms. The summed E-state index contributed by atoms with van der Waals surface area (Å²) in [5.74, 6) is -9.41. The first-order valence-electron chi connectivity index (χ1n) is 5.68. The highest BCUT2D eigenvalue weighted by atomic mass is 19.2. The molecule has 0 fully saturated rings. The lowest BCUT2D eigenvalue weighted by molar-refractivity contribution is -0.858. The van der Waals surface area contributed by atoms with Gasteiger partial charge in [0.05, 0.1) is 14.1 Å². The fourth-order valence-corrected chi connectivity index (χ4v) is 1.35. The van der Waals surface area contributed by atoms with Crippen LogP contribution in [0, 0.1) is 23.3 Å². The molecule has 0 amide bonds. The minimum atomic E-state index is -1.97. The third kappa shape index (κ3) is 3.61. The number of hydrogen-bond donors (Lipinski definition) is 1. The van der Waals surface area contributed by atoms with Crippen LogP contribution in [0.2, 0.25) is 0 Å². The quantitative estimate of drug-likeness (QED) is 0.223. The van der Waals surface area contributed by atoms with E-state index in [-0.39, 0.29) is 6.61 Å². The smallest absolute Gasteiger partial charge is 0.344 e. The van der Waals surface area contributed by atoms with Crippen molar-refractivity contribution in [1.82, 2.24) is 0 Å². The fourth-order valence-electron chi connectivity index (χ4n) is 1.35. The molecule has 0 bridgehead atoms. The number of hydrogen-bond acceptors (Lipinski definition) is 3. The van der Waals surface area contributed by atoms with Crippen molar-refractivity contribution in [2.45, 2.75) is 0 Å². The molecule has 0 aromatic heterocycles. The molecular formula is C11H11F4N4O2+. The van der Waals surface area contributed by atoms with Crippen LogP contribution in [0.25, 0.3) is 10.4 Å². The number of nitrogens with one attached hydrogen (secondary N) is 1. The van der Waals surface area contributed by atoms with Gasteiger partial charge in [-0.2, -0.15) is 0 Å². The molecule has 1 rings (SSSR count). The van der Waals surface area contributed by atoms with Crippen molar-refractivity contribution in [2.24, 2.45) is 5.11 Å². The molecule has 0 heterocycles. The van der Waals surface area contributed by atoms with E-state index in [1.165, 1.54) is 0 Å². The Balaban J connectivity index is 3.20. The summed E-state index contributed by atoms with van der Waals surface area (Å²) in [6, 6.07) is 0. The van der Waals surface area contributed by atoms with Gasteiger partial charge in [-0.25, -0.2) is 22.4 Å². The number of esters is 1. The van der Waals surface area contributed by atoms with Gasteiger partial charge in [-0.1, -0.05) is 5.11 Å². The first-order valence-corrected chi connectivity index (χ1v) is 5.68. The molecule has 0 unspecified atom stereocenters. The van der Waals surface area contributed by atoms with Gasteiger partial charge in [-0.05, 0) is 5.53 Å². The van der Waals surface area contributed by atoms with Crippen LogP contribution < -0.4 is 4.90 Å². The lowest BCUT2D eigenvalue weighted by atomic mass is 10.1.